The van der Waals surface area contributed by atoms with Crippen molar-refractivity contribution in [1.29, 1.82) is 0 Å². The Labute approximate surface area is 102 Å². The van der Waals surface area contributed by atoms with Gasteiger partial charge in [-0.05, 0) is 23.8 Å². The molecule has 0 unspecified atom stereocenters. The second-order valence-corrected chi connectivity index (χ2v) is 4.06. The molecule has 0 atom stereocenters. The standard InChI is InChI=1S/C10H8Cl2N2O2/c11-8-3-7(4-9(12)5-8)6-13-14-1-2-16-10(14)15/h3-6H,1-2H2/b13-6+. The highest BCUT2D eigenvalue weighted by Gasteiger charge is 2.20. The highest BCUT2D eigenvalue weighted by atomic mass is 35.5. The molecule has 1 heterocycles. The molecule has 1 aromatic carbocycles. The van der Waals surface area contributed by atoms with Gasteiger partial charge < -0.3 is 4.74 Å². The Hall–Kier alpha value is -1.26. The highest BCUT2D eigenvalue weighted by Crippen LogP contribution is 2.18. The zero-order valence-corrected chi connectivity index (χ0v) is 9.70. The van der Waals surface area contributed by atoms with Gasteiger partial charge >= 0.3 is 6.09 Å². The van der Waals surface area contributed by atoms with Crippen molar-refractivity contribution in [2.24, 2.45) is 5.10 Å². The predicted octanol–water partition coefficient (Wildman–Crippen LogP) is 2.78. The van der Waals surface area contributed by atoms with Crippen LogP contribution in [0.1, 0.15) is 5.56 Å². The summed E-state index contributed by atoms with van der Waals surface area (Å²) >= 11 is 11.6. The summed E-state index contributed by atoms with van der Waals surface area (Å²) in [4.78, 5) is 11.1. The molecule has 4 nitrogen and oxygen atoms in total. The third kappa shape index (κ3) is 2.65. The van der Waals surface area contributed by atoms with Crippen LogP contribution in [0.5, 0.6) is 0 Å². The van der Waals surface area contributed by atoms with Crippen LogP contribution in [0.4, 0.5) is 4.79 Å². The maximum Gasteiger partial charge on any atom is 0.430 e. The van der Waals surface area contributed by atoms with E-state index in [2.05, 4.69) is 5.10 Å². The molecule has 0 N–H and O–H groups in total. The number of ether oxygens (including phenoxy) is 1. The van der Waals surface area contributed by atoms with Crippen molar-refractivity contribution >= 4 is 35.5 Å². The fourth-order valence-corrected chi connectivity index (χ4v) is 1.82. The summed E-state index contributed by atoms with van der Waals surface area (Å²) in [6, 6.07) is 5.04. The van der Waals surface area contributed by atoms with E-state index in [0.717, 1.165) is 5.56 Å². The molecule has 1 saturated heterocycles. The summed E-state index contributed by atoms with van der Waals surface area (Å²) < 4.78 is 4.72. The lowest BCUT2D eigenvalue weighted by atomic mass is 10.2. The third-order valence-corrected chi connectivity index (χ3v) is 2.41. The van der Waals surface area contributed by atoms with Gasteiger partial charge in [-0.2, -0.15) is 10.1 Å². The van der Waals surface area contributed by atoms with E-state index in [1.807, 2.05) is 0 Å². The summed E-state index contributed by atoms with van der Waals surface area (Å²) in [6.07, 6.45) is 1.08. The Bertz CT molecular complexity index is 428. The predicted molar refractivity (Wildman–Crippen MR) is 62.1 cm³/mol. The minimum atomic E-state index is -0.440. The molecule has 0 spiro atoms. The van der Waals surface area contributed by atoms with Crippen LogP contribution >= 0.6 is 23.2 Å². The van der Waals surface area contributed by atoms with Crippen LogP contribution in [0.2, 0.25) is 10.0 Å². The van der Waals surface area contributed by atoms with E-state index in [-0.39, 0.29) is 0 Å². The number of rotatable bonds is 2. The molecule has 1 amide bonds. The van der Waals surface area contributed by atoms with Crippen LogP contribution in [-0.2, 0) is 4.74 Å². The molecule has 2 rings (SSSR count). The minimum absolute atomic E-state index is 0.368. The third-order valence-electron chi connectivity index (χ3n) is 1.97. The molecule has 1 fully saturated rings. The first kappa shape index (κ1) is 11.2. The van der Waals surface area contributed by atoms with Gasteiger partial charge in [0.15, 0.2) is 0 Å². The normalized spacial score (nSPS) is 15.9. The number of benzene rings is 1. The number of nitrogens with zero attached hydrogens (tertiary/aromatic N) is 2. The molecule has 0 radical (unpaired) electrons. The summed E-state index contributed by atoms with van der Waals surface area (Å²) in [5.74, 6) is 0. The van der Waals surface area contributed by atoms with E-state index in [1.54, 1.807) is 18.2 Å². The molecule has 0 bridgehead atoms. The van der Waals surface area contributed by atoms with Crippen molar-refractivity contribution in [2.45, 2.75) is 0 Å². The maximum absolute atomic E-state index is 11.1. The monoisotopic (exact) mass is 258 g/mol. The van der Waals surface area contributed by atoms with Gasteiger partial charge in [-0.1, -0.05) is 23.2 Å². The Morgan fingerprint density at radius 2 is 2.00 bits per heavy atom. The maximum atomic E-state index is 11.1. The van der Waals surface area contributed by atoms with Gasteiger partial charge in [0.1, 0.15) is 6.61 Å². The van der Waals surface area contributed by atoms with Crippen LogP contribution in [-0.4, -0.2) is 30.5 Å². The average molecular weight is 259 g/mol. The molecule has 1 aliphatic heterocycles. The Morgan fingerprint density at radius 3 is 2.56 bits per heavy atom. The second-order valence-electron chi connectivity index (χ2n) is 3.18. The number of amides is 1. The van der Waals surface area contributed by atoms with Gasteiger partial charge in [-0.25, -0.2) is 4.79 Å². The first-order chi connectivity index (χ1) is 7.65. The minimum Gasteiger partial charge on any atom is -0.446 e. The molecule has 0 aromatic heterocycles. The van der Waals surface area contributed by atoms with E-state index in [9.17, 15) is 4.79 Å². The summed E-state index contributed by atoms with van der Waals surface area (Å²) in [6.45, 7) is 0.829. The lowest BCUT2D eigenvalue weighted by Crippen LogP contribution is -2.17. The van der Waals surface area contributed by atoms with Crippen molar-refractivity contribution in [3.63, 3.8) is 0 Å². The molecule has 6 heteroatoms. The molecule has 84 valence electrons. The molecule has 0 saturated carbocycles. The first-order valence-electron chi connectivity index (χ1n) is 4.59. The largest absolute Gasteiger partial charge is 0.446 e. The number of hydrogen-bond donors (Lipinski definition) is 0. The zero-order valence-electron chi connectivity index (χ0n) is 8.19. The van der Waals surface area contributed by atoms with E-state index in [1.165, 1.54) is 11.2 Å². The van der Waals surface area contributed by atoms with Gasteiger partial charge in [-0.3, -0.25) is 0 Å². The van der Waals surface area contributed by atoms with Gasteiger partial charge in [0.2, 0.25) is 0 Å². The number of carbonyl (C=O) groups is 1. The molecule has 1 aromatic rings. The van der Waals surface area contributed by atoms with Gasteiger partial charge in [-0.15, -0.1) is 0 Å². The summed E-state index contributed by atoms with van der Waals surface area (Å²) in [7, 11) is 0. The van der Waals surface area contributed by atoms with Gasteiger partial charge in [0, 0.05) is 10.0 Å². The number of hydrogen-bond acceptors (Lipinski definition) is 3. The highest BCUT2D eigenvalue weighted by molar-refractivity contribution is 6.35. The zero-order chi connectivity index (χ0) is 11.5. The lowest BCUT2D eigenvalue weighted by Gasteiger charge is -2.03. The Kier molecular flexibility index (Phi) is 3.31. The smallest absolute Gasteiger partial charge is 0.430 e. The Morgan fingerprint density at radius 1 is 1.31 bits per heavy atom. The molecule has 0 aliphatic carbocycles. The van der Waals surface area contributed by atoms with Crippen molar-refractivity contribution < 1.29 is 9.53 Å². The summed E-state index contributed by atoms with van der Waals surface area (Å²) in [5, 5.41) is 6.27. The van der Waals surface area contributed by atoms with Gasteiger partial charge in [0.25, 0.3) is 0 Å². The van der Waals surface area contributed by atoms with Crippen LogP contribution in [0.3, 0.4) is 0 Å². The van der Waals surface area contributed by atoms with Crippen molar-refractivity contribution in [3.8, 4) is 0 Å². The molecular weight excluding hydrogens is 251 g/mol. The van der Waals surface area contributed by atoms with Crippen LogP contribution in [0.25, 0.3) is 0 Å². The fraction of sp³-hybridized carbons (Fsp3) is 0.200. The molecular formula is C10H8Cl2N2O2. The SMILES string of the molecule is O=C1OCCN1/N=C/c1cc(Cl)cc(Cl)c1. The average Bonchev–Trinajstić information content (AvgIpc) is 2.59. The van der Waals surface area contributed by atoms with E-state index >= 15 is 0 Å². The van der Waals surface area contributed by atoms with Gasteiger partial charge in [0.05, 0.1) is 12.8 Å². The van der Waals surface area contributed by atoms with E-state index in [0.29, 0.717) is 23.2 Å². The van der Waals surface area contributed by atoms with Crippen LogP contribution in [0, 0.1) is 0 Å². The van der Waals surface area contributed by atoms with E-state index in [4.69, 9.17) is 27.9 Å². The molecule has 1 aliphatic rings. The quantitative estimate of drug-likeness (QED) is 0.766. The second kappa shape index (κ2) is 4.72. The topological polar surface area (TPSA) is 41.9 Å². The first-order valence-corrected chi connectivity index (χ1v) is 5.35. The van der Waals surface area contributed by atoms with Crippen molar-refractivity contribution in [3.05, 3.63) is 33.8 Å². The number of halogens is 2. The Balaban J connectivity index is 2.13. The van der Waals surface area contributed by atoms with Crippen LogP contribution in [0.15, 0.2) is 23.3 Å². The number of hydrazone groups is 1. The molecule has 16 heavy (non-hydrogen) atoms. The van der Waals surface area contributed by atoms with Crippen molar-refractivity contribution in [1.82, 2.24) is 5.01 Å². The fourth-order valence-electron chi connectivity index (χ4n) is 1.28. The number of carbonyl (C=O) groups excluding carboxylic acids is 1. The van der Waals surface area contributed by atoms with E-state index < -0.39 is 6.09 Å². The van der Waals surface area contributed by atoms with Crippen LogP contribution < -0.4 is 0 Å². The lowest BCUT2D eigenvalue weighted by molar-refractivity contribution is 0.159. The summed E-state index contributed by atoms with van der Waals surface area (Å²) in [5.41, 5.74) is 0.734. The number of cyclic esters (lactones) is 1. The van der Waals surface area contributed by atoms with Crippen molar-refractivity contribution in [2.75, 3.05) is 13.2 Å².